The van der Waals surface area contributed by atoms with Crippen molar-refractivity contribution in [1.82, 2.24) is 0 Å². The zero-order valence-electron chi connectivity index (χ0n) is 24.5. The average molecular weight is 641 g/mol. The third-order valence-corrected chi connectivity index (χ3v) is 15.9. The van der Waals surface area contributed by atoms with Gasteiger partial charge in [0.25, 0.3) is 20.2 Å². The minimum atomic E-state index is -4.38. The van der Waals surface area contributed by atoms with Crippen molar-refractivity contribution in [3.05, 3.63) is 83.4 Å². The quantitative estimate of drug-likeness (QED) is 0.179. The summed E-state index contributed by atoms with van der Waals surface area (Å²) in [6.45, 7) is 0. The Morgan fingerprint density at radius 1 is 0.651 bits per heavy atom. The van der Waals surface area contributed by atoms with Gasteiger partial charge in [-0.1, -0.05) is 88.9 Å². The van der Waals surface area contributed by atoms with Crippen LogP contribution in [0.1, 0.15) is 93.7 Å². The SMILES string of the molecule is O=S(=O)(O)c1ccc(CCCC2(P(C3CCCCC3)C3CCCCC3)c3ccccc3-c3ccc(S(=O)(=O)O)cc32)cc1. The predicted octanol–water partition coefficient (Wildman–Crippen LogP) is 8.57. The van der Waals surface area contributed by atoms with E-state index in [2.05, 4.69) is 24.3 Å². The Bertz CT molecular complexity index is 1660. The first kappa shape index (κ1) is 30.9. The van der Waals surface area contributed by atoms with Crippen LogP contribution in [-0.4, -0.2) is 37.3 Å². The topological polar surface area (TPSA) is 109 Å². The third kappa shape index (κ3) is 6.11. The number of aryl methyl sites for hydroxylation is 1. The van der Waals surface area contributed by atoms with Crippen molar-refractivity contribution in [2.75, 3.05) is 0 Å². The molecule has 3 aromatic carbocycles. The first-order chi connectivity index (χ1) is 20.6. The van der Waals surface area contributed by atoms with Crippen molar-refractivity contribution in [2.45, 2.75) is 110 Å². The molecule has 6 rings (SSSR count). The van der Waals surface area contributed by atoms with Crippen LogP contribution in [0.4, 0.5) is 0 Å². The van der Waals surface area contributed by atoms with E-state index in [4.69, 9.17) is 0 Å². The summed E-state index contributed by atoms with van der Waals surface area (Å²) in [6, 6.07) is 20.3. The largest absolute Gasteiger partial charge is 0.294 e. The molecule has 0 bridgehead atoms. The monoisotopic (exact) mass is 640 g/mol. The van der Waals surface area contributed by atoms with Crippen LogP contribution in [0.25, 0.3) is 11.1 Å². The van der Waals surface area contributed by atoms with Gasteiger partial charge in [0.15, 0.2) is 0 Å². The molecule has 9 heteroatoms. The molecule has 0 radical (unpaired) electrons. The highest BCUT2D eigenvalue weighted by Gasteiger charge is 2.53. The minimum Gasteiger partial charge on any atom is -0.282 e. The molecule has 43 heavy (non-hydrogen) atoms. The van der Waals surface area contributed by atoms with E-state index in [1.54, 1.807) is 24.3 Å². The normalized spacial score (nSPS) is 21.6. The van der Waals surface area contributed by atoms with Gasteiger partial charge in [0.05, 0.1) is 9.79 Å². The van der Waals surface area contributed by atoms with E-state index in [-0.39, 0.29) is 14.9 Å². The van der Waals surface area contributed by atoms with Crippen LogP contribution >= 0.6 is 7.92 Å². The molecule has 0 amide bonds. The summed E-state index contributed by atoms with van der Waals surface area (Å²) in [5, 5.41) is -0.333. The molecule has 0 heterocycles. The third-order valence-electron chi connectivity index (χ3n) is 10.00. The highest BCUT2D eigenvalue weighted by molar-refractivity contribution is 7.86. The fourth-order valence-corrected chi connectivity index (χ4v) is 14.2. The molecule has 3 aliphatic rings. The summed E-state index contributed by atoms with van der Waals surface area (Å²) in [5.41, 5.74) is 6.84. The van der Waals surface area contributed by atoms with Gasteiger partial charge in [-0.2, -0.15) is 16.8 Å². The van der Waals surface area contributed by atoms with Crippen molar-refractivity contribution >= 4 is 28.2 Å². The molecule has 0 aliphatic heterocycles. The van der Waals surface area contributed by atoms with Crippen LogP contribution in [0.5, 0.6) is 0 Å². The van der Waals surface area contributed by atoms with Crippen LogP contribution in [-0.2, 0) is 31.8 Å². The first-order valence-electron chi connectivity index (χ1n) is 15.7. The molecule has 0 aromatic heterocycles. The van der Waals surface area contributed by atoms with Crippen LogP contribution in [0.3, 0.4) is 0 Å². The minimum absolute atomic E-state index is 0.0357. The maximum Gasteiger partial charge on any atom is 0.294 e. The molecule has 0 saturated heterocycles. The zero-order chi connectivity index (χ0) is 30.2. The molecule has 2 N–H and O–H groups in total. The second kappa shape index (κ2) is 12.4. The molecule has 0 spiro atoms. The molecular weight excluding hydrogens is 599 g/mol. The Labute approximate surface area is 257 Å². The second-order valence-corrected chi connectivity index (χ2v) is 18.4. The smallest absolute Gasteiger partial charge is 0.282 e. The number of hydrogen-bond acceptors (Lipinski definition) is 4. The standard InChI is InChI=1S/C34H41O6PS2/c35-42(36,37)28-19-17-25(18-20-28)10-9-23-34(41(26-11-3-1-4-12-26)27-13-5-2-6-14-27)32-16-8-7-15-30(32)31-22-21-29(24-33(31)34)43(38,39)40/h7-8,15-22,24,26-27H,1-6,9-14,23H2,(H,35,36,37)(H,38,39,40). The Balaban J connectivity index is 1.49. The fraction of sp³-hybridized carbons (Fsp3) is 0.471. The van der Waals surface area contributed by atoms with Gasteiger partial charge in [-0.25, -0.2) is 0 Å². The van der Waals surface area contributed by atoms with Crippen molar-refractivity contribution in [2.24, 2.45) is 0 Å². The summed E-state index contributed by atoms with van der Waals surface area (Å²) >= 11 is 0. The van der Waals surface area contributed by atoms with E-state index in [9.17, 15) is 25.9 Å². The highest BCUT2D eigenvalue weighted by Crippen LogP contribution is 2.75. The summed E-state index contributed by atoms with van der Waals surface area (Å²) in [5.74, 6) is 0. The average Bonchev–Trinajstić information content (AvgIpc) is 3.27. The van der Waals surface area contributed by atoms with Crippen LogP contribution in [0, 0.1) is 0 Å². The molecule has 3 aromatic rings. The number of benzene rings is 3. The Kier molecular flexibility index (Phi) is 8.89. The Morgan fingerprint density at radius 3 is 1.77 bits per heavy atom. The summed E-state index contributed by atoms with van der Waals surface area (Å²) in [4.78, 5) is -0.145. The van der Waals surface area contributed by atoms with E-state index < -0.39 is 28.2 Å². The summed E-state index contributed by atoms with van der Waals surface area (Å²) in [7, 11) is -9.22. The second-order valence-electron chi connectivity index (χ2n) is 12.6. The van der Waals surface area contributed by atoms with Crippen molar-refractivity contribution in [1.29, 1.82) is 0 Å². The lowest BCUT2D eigenvalue weighted by atomic mass is 9.89. The Morgan fingerprint density at radius 2 is 1.19 bits per heavy atom. The summed E-state index contributed by atoms with van der Waals surface area (Å²) < 4.78 is 67.7. The summed E-state index contributed by atoms with van der Waals surface area (Å²) in [6.07, 6.45) is 14.8. The van der Waals surface area contributed by atoms with Gasteiger partial charge >= 0.3 is 0 Å². The van der Waals surface area contributed by atoms with E-state index in [1.807, 2.05) is 6.07 Å². The number of hydrogen-bond donors (Lipinski definition) is 2. The van der Waals surface area contributed by atoms with E-state index in [1.165, 1.54) is 87.5 Å². The van der Waals surface area contributed by atoms with Crippen molar-refractivity contribution in [3.63, 3.8) is 0 Å². The van der Waals surface area contributed by atoms with Crippen LogP contribution in [0.15, 0.2) is 76.5 Å². The first-order valence-corrected chi connectivity index (χ1v) is 20.0. The molecule has 1 atom stereocenters. The molecule has 6 nitrogen and oxygen atoms in total. The van der Waals surface area contributed by atoms with Gasteiger partial charge in [-0.05, 0) is 108 Å². The number of rotatable bonds is 9. The molecule has 230 valence electrons. The highest BCUT2D eigenvalue weighted by atomic mass is 32.2. The van der Waals surface area contributed by atoms with Gasteiger partial charge in [0.2, 0.25) is 0 Å². The predicted molar refractivity (Wildman–Crippen MR) is 172 cm³/mol. The van der Waals surface area contributed by atoms with Crippen LogP contribution in [0.2, 0.25) is 0 Å². The van der Waals surface area contributed by atoms with Crippen molar-refractivity contribution < 1.29 is 25.9 Å². The lowest BCUT2D eigenvalue weighted by Gasteiger charge is -2.50. The van der Waals surface area contributed by atoms with Gasteiger partial charge in [-0.15, -0.1) is 0 Å². The maximum absolute atomic E-state index is 12.5. The van der Waals surface area contributed by atoms with Crippen LogP contribution < -0.4 is 0 Å². The van der Waals surface area contributed by atoms with E-state index in [0.717, 1.165) is 36.0 Å². The lowest BCUT2D eigenvalue weighted by Crippen LogP contribution is -2.35. The van der Waals surface area contributed by atoms with Gasteiger partial charge in [-0.3, -0.25) is 9.11 Å². The van der Waals surface area contributed by atoms with Crippen molar-refractivity contribution in [3.8, 4) is 11.1 Å². The van der Waals surface area contributed by atoms with Gasteiger partial charge < -0.3 is 0 Å². The maximum atomic E-state index is 12.5. The number of fused-ring (bicyclic) bond motifs is 3. The molecule has 1 unspecified atom stereocenters. The zero-order valence-corrected chi connectivity index (χ0v) is 27.0. The Hall–Kier alpha value is -2.09. The molecule has 2 saturated carbocycles. The van der Waals surface area contributed by atoms with E-state index in [0.29, 0.717) is 11.3 Å². The van der Waals surface area contributed by atoms with Gasteiger partial charge in [0.1, 0.15) is 0 Å². The molecular formula is C34H41O6PS2. The van der Waals surface area contributed by atoms with E-state index >= 15 is 0 Å². The molecule has 2 fully saturated rings. The lowest BCUT2D eigenvalue weighted by molar-refractivity contribution is 0.469. The molecule has 3 aliphatic carbocycles. The van der Waals surface area contributed by atoms with Gasteiger partial charge in [0, 0.05) is 5.16 Å². The fourth-order valence-electron chi connectivity index (χ4n) is 8.18.